The van der Waals surface area contributed by atoms with Crippen LogP contribution < -0.4 is 10.1 Å². The first kappa shape index (κ1) is 12.6. The molecule has 0 amide bonds. The Morgan fingerprint density at radius 1 is 1.39 bits per heavy atom. The van der Waals surface area contributed by atoms with Gasteiger partial charge in [-0.2, -0.15) is 5.10 Å². The molecule has 0 aromatic carbocycles. The summed E-state index contributed by atoms with van der Waals surface area (Å²) in [6, 6.07) is 6.14. The number of rotatable bonds is 5. The molecule has 5 nitrogen and oxygen atoms in total. The average molecular weight is 246 g/mol. The van der Waals surface area contributed by atoms with Crippen molar-refractivity contribution >= 4 is 0 Å². The number of ether oxygens (including phenoxy) is 1. The normalized spacial score (nSPS) is 12.4. The van der Waals surface area contributed by atoms with Crippen molar-refractivity contribution in [1.82, 2.24) is 20.1 Å². The van der Waals surface area contributed by atoms with Crippen molar-refractivity contribution in [1.29, 1.82) is 0 Å². The first-order valence-corrected chi connectivity index (χ1v) is 5.91. The summed E-state index contributed by atoms with van der Waals surface area (Å²) in [4.78, 5) is 4.18. The van der Waals surface area contributed by atoms with Crippen LogP contribution >= 0.6 is 0 Å². The highest BCUT2D eigenvalue weighted by Gasteiger charge is 2.08. The van der Waals surface area contributed by atoms with Crippen LogP contribution in [0.1, 0.15) is 24.2 Å². The van der Waals surface area contributed by atoms with Gasteiger partial charge in [-0.3, -0.25) is 4.68 Å². The van der Waals surface area contributed by atoms with Gasteiger partial charge in [0.25, 0.3) is 0 Å². The van der Waals surface area contributed by atoms with Crippen molar-refractivity contribution in [3.8, 4) is 5.88 Å². The van der Waals surface area contributed by atoms with Crippen molar-refractivity contribution in [2.24, 2.45) is 7.05 Å². The highest BCUT2D eigenvalue weighted by atomic mass is 16.5. The van der Waals surface area contributed by atoms with E-state index in [0.717, 1.165) is 17.8 Å². The molecule has 1 unspecified atom stereocenters. The first-order chi connectivity index (χ1) is 8.70. The van der Waals surface area contributed by atoms with E-state index in [-0.39, 0.29) is 6.04 Å². The number of aromatic nitrogens is 3. The van der Waals surface area contributed by atoms with Gasteiger partial charge in [0.15, 0.2) is 0 Å². The molecule has 0 aliphatic heterocycles. The maximum atomic E-state index is 5.03. The van der Waals surface area contributed by atoms with Gasteiger partial charge in [-0.15, -0.1) is 0 Å². The Morgan fingerprint density at radius 3 is 2.78 bits per heavy atom. The number of nitrogens with one attached hydrogen (secondary N) is 1. The summed E-state index contributed by atoms with van der Waals surface area (Å²) in [5.74, 6) is 0.637. The highest BCUT2D eigenvalue weighted by Crippen LogP contribution is 2.12. The van der Waals surface area contributed by atoms with Crippen molar-refractivity contribution in [2.75, 3.05) is 7.11 Å². The molecule has 2 aromatic rings. The molecule has 2 heterocycles. The molecule has 2 rings (SSSR count). The summed E-state index contributed by atoms with van der Waals surface area (Å²) < 4.78 is 6.91. The van der Waals surface area contributed by atoms with Crippen LogP contribution in [0.4, 0.5) is 0 Å². The number of aryl methyl sites for hydroxylation is 1. The molecule has 0 bridgehead atoms. The molecular weight excluding hydrogens is 228 g/mol. The lowest BCUT2D eigenvalue weighted by Gasteiger charge is -2.14. The van der Waals surface area contributed by atoms with Crippen molar-refractivity contribution in [3.63, 3.8) is 0 Å². The third-order valence-corrected chi connectivity index (χ3v) is 2.92. The van der Waals surface area contributed by atoms with E-state index in [9.17, 15) is 0 Å². The van der Waals surface area contributed by atoms with Crippen LogP contribution in [-0.4, -0.2) is 21.9 Å². The number of methoxy groups -OCH3 is 1. The van der Waals surface area contributed by atoms with Crippen molar-refractivity contribution in [3.05, 3.63) is 41.9 Å². The van der Waals surface area contributed by atoms with E-state index >= 15 is 0 Å². The minimum Gasteiger partial charge on any atom is -0.481 e. The van der Waals surface area contributed by atoms with Crippen LogP contribution in [-0.2, 0) is 13.6 Å². The van der Waals surface area contributed by atoms with E-state index in [4.69, 9.17) is 4.74 Å². The summed E-state index contributed by atoms with van der Waals surface area (Å²) in [5, 5.41) is 7.60. The van der Waals surface area contributed by atoms with Crippen molar-refractivity contribution in [2.45, 2.75) is 19.5 Å². The van der Waals surface area contributed by atoms with Crippen LogP contribution in [0.2, 0.25) is 0 Å². The zero-order chi connectivity index (χ0) is 13.0. The fourth-order valence-electron chi connectivity index (χ4n) is 1.82. The van der Waals surface area contributed by atoms with E-state index in [1.165, 1.54) is 0 Å². The Hall–Kier alpha value is -1.88. The zero-order valence-corrected chi connectivity index (χ0v) is 10.9. The number of hydrogen-bond acceptors (Lipinski definition) is 4. The Morgan fingerprint density at radius 2 is 2.22 bits per heavy atom. The standard InChI is InChI=1S/C13H18N4O/c1-10(12-6-7-16-17(12)2)14-8-11-4-5-13(18-3)15-9-11/h4-7,9-10,14H,8H2,1-3H3. The maximum absolute atomic E-state index is 5.03. The quantitative estimate of drug-likeness (QED) is 0.872. The largest absolute Gasteiger partial charge is 0.481 e. The fourth-order valence-corrected chi connectivity index (χ4v) is 1.82. The molecule has 2 aromatic heterocycles. The Bertz CT molecular complexity index is 492. The maximum Gasteiger partial charge on any atom is 0.212 e. The Kier molecular flexibility index (Phi) is 3.94. The summed E-state index contributed by atoms with van der Waals surface area (Å²) >= 11 is 0. The molecule has 0 radical (unpaired) electrons. The summed E-state index contributed by atoms with van der Waals surface area (Å²) in [6.07, 6.45) is 3.63. The first-order valence-electron chi connectivity index (χ1n) is 5.91. The van der Waals surface area contributed by atoms with Gasteiger partial charge in [0, 0.05) is 38.1 Å². The molecule has 1 N–H and O–H groups in total. The van der Waals surface area contributed by atoms with Gasteiger partial charge in [0.2, 0.25) is 5.88 Å². The molecule has 0 aliphatic carbocycles. The third-order valence-electron chi connectivity index (χ3n) is 2.92. The van der Waals surface area contributed by atoms with E-state index < -0.39 is 0 Å². The van der Waals surface area contributed by atoms with E-state index in [0.29, 0.717) is 5.88 Å². The zero-order valence-electron chi connectivity index (χ0n) is 10.9. The molecule has 5 heteroatoms. The lowest BCUT2D eigenvalue weighted by molar-refractivity contribution is 0.397. The molecule has 0 fully saturated rings. The van der Waals surface area contributed by atoms with Gasteiger partial charge in [0.05, 0.1) is 12.8 Å². The molecule has 18 heavy (non-hydrogen) atoms. The average Bonchev–Trinajstić information content (AvgIpc) is 2.83. The van der Waals surface area contributed by atoms with Gasteiger partial charge in [-0.1, -0.05) is 6.07 Å². The summed E-state index contributed by atoms with van der Waals surface area (Å²) in [7, 11) is 3.56. The predicted molar refractivity (Wildman–Crippen MR) is 69.3 cm³/mol. The molecular formula is C13H18N4O. The third kappa shape index (κ3) is 2.87. The SMILES string of the molecule is COc1ccc(CNC(C)c2ccnn2C)cn1. The van der Waals surface area contributed by atoms with Gasteiger partial charge < -0.3 is 10.1 Å². The van der Waals surface area contributed by atoms with Crippen molar-refractivity contribution < 1.29 is 4.74 Å². The van der Waals surface area contributed by atoms with E-state index in [2.05, 4.69) is 22.3 Å². The Labute approximate surface area is 107 Å². The predicted octanol–water partition coefficient (Wildman–Crippen LogP) is 1.67. The molecule has 96 valence electrons. The second-order valence-corrected chi connectivity index (χ2v) is 4.19. The second kappa shape index (κ2) is 5.64. The monoisotopic (exact) mass is 246 g/mol. The van der Waals surface area contributed by atoms with Gasteiger partial charge in [-0.05, 0) is 18.6 Å². The molecule has 0 saturated heterocycles. The van der Waals surface area contributed by atoms with Gasteiger partial charge >= 0.3 is 0 Å². The second-order valence-electron chi connectivity index (χ2n) is 4.19. The smallest absolute Gasteiger partial charge is 0.212 e. The Balaban J connectivity index is 1.93. The number of hydrogen-bond donors (Lipinski definition) is 1. The van der Waals surface area contributed by atoms with Crippen LogP contribution in [0.15, 0.2) is 30.6 Å². The lowest BCUT2D eigenvalue weighted by atomic mass is 10.2. The minimum atomic E-state index is 0.250. The molecule has 0 spiro atoms. The lowest BCUT2D eigenvalue weighted by Crippen LogP contribution is -2.20. The van der Waals surface area contributed by atoms with Gasteiger partial charge in [-0.25, -0.2) is 4.98 Å². The summed E-state index contributed by atoms with van der Waals surface area (Å²) in [6.45, 7) is 2.89. The molecule has 0 aliphatic rings. The van der Waals surface area contributed by atoms with Crippen LogP contribution in [0, 0.1) is 0 Å². The highest BCUT2D eigenvalue weighted by molar-refractivity contribution is 5.18. The van der Waals surface area contributed by atoms with Crippen LogP contribution in [0.25, 0.3) is 0 Å². The molecule has 0 saturated carbocycles. The number of pyridine rings is 1. The molecule has 1 atom stereocenters. The van der Waals surface area contributed by atoms with E-state index in [1.54, 1.807) is 7.11 Å². The van der Waals surface area contributed by atoms with Crippen LogP contribution in [0.3, 0.4) is 0 Å². The topological polar surface area (TPSA) is 52.0 Å². The van der Waals surface area contributed by atoms with E-state index in [1.807, 2.05) is 42.3 Å². The summed E-state index contributed by atoms with van der Waals surface area (Å²) in [5.41, 5.74) is 2.29. The minimum absolute atomic E-state index is 0.250. The fraction of sp³-hybridized carbons (Fsp3) is 0.385. The van der Waals surface area contributed by atoms with Crippen LogP contribution in [0.5, 0.6) is 5.88 Å². The number of nitrogens with zero attached hydrogens (tertiary/aromatic N) is 3. The van der Waals surface area contributed by atoms with Gasteiger partial charge in [0.1, 0.15) is 0 Å².